The molecule has 0 aromatic heterocycles. The summed E-state index contributed by atoms with van der Waals surface area (Å²) in [6, 6.07) is 0. The quantitative estimate of drug-likeness (QED) is 0.673. The SMILES string of the molecule is CCOC12CC13CC2CC1CCCCC13. The molecule has 1 heteroatoms. The molecule has 4 aliphatic carbocycles. The van der Waals surface area contributed by atoms with Gasteiger partial charge in [-0.3, -0.25) is 0 Å². The molecule has 5 unspecified atom stereocenters. The molecule has 0 aromatic rings. The van der Waals surface area contributed by atoms with Gasteiger partial charge in [-0.25, -0.2) is 0 Å². The fourth-order valence-corrected chi connectivity index (χ4v) is 5.72. The van der Waals surface area contributed by atoms with E-state index in [0.717, 1.165) is 24.4 Å². The standard InChI is InChI=1S/C14H22O/c1-2-15-14-9-13(14)8-11(14)7-10-5-3-4-6-12(10)13/h10-12H,2-9H2,1H3. The molecule has 1 nitrogen and oxygen atoms in total. The molecule has 0 radical (unpaired) electrons. The third-order valence-corrected chi connectivity index (χ3v) is 6.17. The molecule has 0 aliphatic heterocycles. The Kier molecular flexibility index (Phi) is 1.57. The summed E-state index contributed by atoms with van der Waals surface area (Å²) < 4.78 is 6.15. The predicted octanol–water partition coefficient (Wildman–Crippen LogP) is 3.38. The maximum Gasteiger partial charge on any atom is 0.0777 e. The summed E-state index contributed by atoms with van der Waals surface area (Å²) in [6.45, 7) is 3.11. The lowest BCUT2D eigenvalue weighted by Crippen LogP contribution is -2.55. The molecule has 5 atom stereocenters. The highest BCUT2D eigenvalue weighted by atomic mass is 16.5. The van der Waals surface area contributed by atoms with Gasteiger partial charge in [0.25, 0.3) is 0 Å². The second-order valence-corrected chi connectivity index (χ2v) is 6.44. The molecule has 4 saturated carbocycles. The minimum absolute atomic E-state index is 0.417. The summed E-state index contributed by atoms with van der Waals surface area (Å²) in [5, 5.41) is 0. The van der Waals surface area contributed by atoms with E-state index in [4.69, 9.17) is 4.74 Å². The lowest BCUT2D eigenvalue weighted by molar-refractivity contribution is -0.169. The molecule has 15 heavy (non-hydrogen) atoms. The Morgan fingerprint density at radius 2 is 2.13 bits per heavy atom. The van der Waals surface area contributed by atoms with Crippen LogP contribution in [0.15, 0.2) is 0 Å². The molecule has 1 spiro atoms. The van der Waals surface area contributed by atoms with E-state index in [0.29, 0.717) is 11.0 Å². The number of hydrogen-bond donors (Lipinski definition) is 0. The maximum atomic E-state index is 6.15. The van der Waals surface area contributed by atoms with Crippen LogP contribution in [0.4, 0.5) is 0 Å². The van der Waals surface area contributed by atoms with Gasteiger partial charge >= 0.3 is 0 Å². The summed E-state index contributed by atoms with van der Waals surface area (Å²) in [4.78, 5) is 0. The first-order valence-electron chi connectivity index (χ1n) is 6.96. The van der Waals surface area contributed by atoms with E-state index < -0.39 is 0 Å². The molecule has 4 fully saturated rings. The van der Waals surface area contributed by atoms with Crippen LogP contribution in [0.2, 0.25) is 0 Å². The normalized spacial score (nSPS) is 60.2. The zero-order chi connectivity index (χ0) is 10.1. The van der Waals surface area contributed by atoms with Crippen molar-refractivity contribution >= 4 is 0 Å². The van der Waals surface area contributed by atoms with Crippen LogP contribution in [-0.2, 0) is 4.74 Å². The summed E-state index contributed by atoms with van der Waals surface area (Å²) in [6.07, 6.45) is 10.5. The van der Waals surface area contributed by atoms with Crippen LogP contribution in [-0.4, -0.2) is 12.2 Å². The Bertz CT molecular complexity index is 300. The topological polar surface area (TPSA) is 9.23 Å². The van der Waals surface area contributed by atoms with Crippen molar-refractivity contribution < 1.29 is 4.74 Å². The van der Waals surface area contributed by atoms with Gasteiger partial charge in [-0.05, 0) is 50.4 Å². The average molecular weight is 206 g/mol. The first kappa shape index (κ1) is 9.04. The molecule has 4 aliphatic rings. The van der Waals surface area contributed by atoms with Crippen molar-refractivity contribution in [1.82, 2.24) is 0 Å². The first-order chi connectivity index (χ1) is 7.32. The van der Waals surface area contributed by atoms with Gasteiger partial charge < -0.3 is 4.74 Å². The highest BCUT2D eigenvalue weighted by Crippen LogP contribution is 2.85. The van der Waals surface area contributed by atoms with Crippen LogP contribution in [0.1, 0.15) is 51.9 Å². The van der Waals surface area contributed by atoms with Crippen LogP contribution in [0.5, 0.6) is 0 Å². The Hall–Kier alpha value is -0.0400. The van der Waals surface area contributed by atoms with Gasteiger partial charge in [0.2, 0.25) is 0 Å². The molecule has 4 rings (SSSR count). The Morgan fingerprint density at radius 1 is 1.27 bits per heavy atom. The van der Waals surface area contributed by atoms with Gasteiger partial charge in [0.1, 0.15) is 0 Å². The zero-order valence-corrected chi connectivity index (χ0v) is 9.80. The van der Waals surface area contributed by atoms with E-state index in [-0.39, 0.29) is 0 Å². The number of fused-ring (bicyclic) bond motifs is 3. The highest BCUT2D eigenvalue weighted by molar-refractivity contribution is 5.34. The van der Waals surface area contributed by atoms with Gasteiger partial charge in [0.05, 0.1) is 5.60 Å². The second kappa shape index (κ2) is 2.61. The van der Waals surface area contributed by atoms with Crippen LogP contribution >= 0.6 is 0 Å². The predicted molar refractivity (Wildman–Crippen MR) is 59.6 cm³/mol. The number of rotatable bonds is 2. The fourth-order valence-electron chi connectivity index (χ4n) is 5.72. The van der Waals surface area contributed by atoms with Crippen molar-refractivity contribution in [2.45, 2.75) is 57.5 Å². The highest BCUT2D eigenvalue weighted by Gasteiger charge is 2.85. The molecule has 0 saturated heterocycles. The van der Waals surface area contributed by atoms with Crippen LogP contribution in [0.25, 0.3) is 0 Å². The van der Waals surface area contributed by atoms with Crippen molar-refractivity contribution in [1.29, 1.82) is 0 Å². The third kappa shape index (κ3) is 0.833. The first-order valence-corrected chi connectivity index (χ1v) is 6.96. The lowest BCUT2D eigenvalue weighted by atomic mass is 9.50. The zero-order valence-electron chi connectivity index (χ0n) is 9.80. The molecule has 0 N–H and O–H groups in total. The van der Waals surface area contributed by atoms with Gasteiger partial charge in [-0.15, -0.1) is 0 Å². The monoisotopic (exact) mass is 206 g/mol. The molecule has 84 valence electrons. The largest absolute Gasteiger partial charge is 0.374 e. The molecule has 0 aromatic carbocycles. The van der Waals surface area contributed by atoms with E-state index >= 15 is 0 Å². The Morgan fingerprint density at radius 3 is 3.00 bits per heavy atom. The van der Waals surface area contributed by atoms with Gasteiger partial charge in [0.15, 0.2) is 0 Å². The molecule has 0 heterocycles. The molecule has 0 amide bonds. The van der Waals surface area contributed by atoms with Crippen LogP contribution in [0.3, 0.4) is 0 Å². The van der Waals surface area contributed by atoms with Crippen LogP contribution in [0, 0.1) is 23.2 Å². The van der Waals surface area contributed by atoms with E-state index in [1.807, 2.05) is 0 Å². The van der Waals surface area contributed by atoms with E-state index in [2.05, 4.69) is 6.92 Å². The average Bonchev–Trinajstić information content (AvgIpc) is 2.81. The lowest BCUT2D eigenvalue weighted by Gasteiger charge is -2.57. The molecular formula is C14H22O. The number of ether oxygens (including phenoxy) is 1. The summed E-state index contributed by atoms with van der Waals surface area (Å²) >= 11 is 0. The second-order valence-electron chi connectivity index (χ2n) is 6.44. The third-order valence-electron chi connectivity index (χ3n) is 6.17. The van der Waals surface area contributed by atoms with Crippen molar-refractivity contribution in [3.8, 4) is 0 Å². The number of hydrogen-bond acceptors (Lipinski definition) is 1. The van der Waals surface area contributed by atoms with E-state index in [1.165, 1.54) is 44.9 Å². The minimum Gasteiger partial charge on any atom is -0.374 e. The Balaban J connectivity index is 1.63. The maximum absolute atomic E-state index is 6.15. The van der Waals surface area contributed by atoms with Crippen molar-refractivity contribution in [3.63, 3.8) is 0 Å². The summed E-state index contributed by atoms with van der Waals surface area (Å²) in [7, 11) is 0. The van der Waals surface area contributed by atoms with Crippen molar-refractivity contribution in [2.75, 3.05) is 6.61 Å². The van der Waals surface area contributed by atoms with E-state index in [1.54, 1.807) is 0 Å². The van der Waals surface area contributed by atoms with Gasteiger partial charge in [0, 0.05) is 12.0 Å². The van der Waals surface area contributed by atoms with Crippen molar-refractivity contribution in [2.24, 2.45) is 23.2 Å². The molecular weight excluding hydrogens is 184 g/mol. The fraction of sp³-hybridized carbons (Fsp3) is 1.00. The molecule has 2 bridgehead atoms. The van der Waals surface area contributed by atoms with E-state index in [9.17, 15) is 0 Å². The van der Waals surface area contributed by atoms with Crippen LogP contribution < -0.4 is 0 Å². The minimum atomic E-state index is 0.417. The Labute approximate surface area is 92.6 Å². The smallest absolute Gasteiger partial charge is 0.0777 e. The summed E-state index contributed by atoms with van der Waals surface area (Å²) in [5.41, 5.74) is 1.12. The van der Waals surface area contributed by atoms with Gasteiger partial charge in [-0.2, -0.15) is 0 Å². The van der Waals surface area contributed by atoms with Crippen molar-refractivity contribution in [3.05, 3.63) is 0 Å². The summed E-state index contributed by atoms with van der Waals surface area (Å²) in [5.74, 6) is 3.10. The van der Waals surface area contributed by atoms with Gasteiger partial charge in [-0.1, -0.05) is 19.3 Å².